The molecule has 1 rings (SSSR count). The summed E-state index contributed by atoms with van der Waals surface area (Å²) in [5, 5.41) is 6.33. The fourth-order valence-corrected chi connectivity index (χ4v) is 2.34. The van der Waals surface area contributed by atoms with Crippen molar-refractivity contribution in [3.63, 3.8) is 0 Å². The van der Waals surface area contributed by atoms with Gasteiger partial charge in [-0.25, -0.2) is 0 Å². The fourth-order valence-electron chi connectivity index (χ4n) is 2.34. The van der Waals surface area contributed by atoms with Gasteiger partial charge in [0.05, 0.1) is 13.1 Å². The first kappa shape index (κ1) is 16.8. The largest absolute Gasteiger partial charge is 0.357 e. The second kappa shape index (κ2) is 9.62. The highest BCUT2D eigenvalue weighted by molar-refractivity contribution is 5.79. The van der Waals surface area contributed by atoms with E-state index in [9.17, 15) is 0 Å². The van der Waals surface area contributed by atoms with Gasteiger partial charge in [0.25, 0.3) is 0 Å². The Kier molecular flexibility index (Phi) is 8.08. The number of hydrogen-bond acceptors (Lipinski definition) is 3. The molecule has 0 amide bonds. The summed E-state index contributed by atoms with van der Waals surface area (Å²) < 4.78 is 0. The van der Waals surface area contributed by atoms with E-state index in [0.29, 0.717) is 12.6 Å². The van der Waals surface area contributed by atoms with Gasteiger partial charge in [0.1, 0.15) is 0 Å². The second-order valence-corrected chi connectivity index (χ2v) is 5.10. The van der Waals surface area contributed by atoms with Gasteiger partial charge >= 0.3 is 0 Å². The minimum Gasteiger partial charge on any atom is -0.357 e. The SMILES string of the molecule is C#CCNC(=NCC(C)N1CCN(CC)CC1)NCC. The highest BCUT2D eigenvalue weighted by Crippen LogP contribution is 2.06. The zero-order valence-electron chi connectivity index (χ0n) is 13.2. The van der Waals surface area contributed by atoms with Crippen molar-refractivity contribution in [1.29, 1.82) is 0 Å². The summed E-state index contributed by atoms with van der Waals surface area (Å²) in [5.41, 5.74) is 0. The second-order valence-electron chi connectivity index (χ2n) is 5.10. The van der Waals surface area contributed by atoms with Crippen molar-refractivity contribution in [2.24, 2.45) is 4.99 Å². The summed E-state index contributed by atoms with van der Waals surface area (Å²) in [6.45, 7) is 14.4. The molecular weight excluding hydrogens is 250 g/mol. The molecular formula is C15H29N5. The Morgan fingerprint density at radius 2 is 1.95 bits per heavy atom. The third-order valence-electron chi connectivity index (χ3n) is 3.69. The van der Waals surface area contributed by atoms with Crippen molar-refractivity contribution in [1.82, 2.24) is 20.4 Å². The Bertz CT molecular complexity index is 326. The molecule has 1 atom stereocenters. The van der Waals surface area contributed by atoms with Crippen LogP contribution < -0.4 is 10.6 Å². The number of piperazine rings is 1. The maximum atomic E-state index is 5.26. The Labute approximate surface area is 123 Å². The molecule has 5 nitrogen and oxygen atoms in total. The summed E-state index contributed by atoms with van der Waals surface area (Å²) in [6.07, 6.45) is 5.26. The monoisotopic (exact) mass is 279 g/mol. The molecule has 0 aliphatic carbocycles. The van der Waals surface area contributed by atoms with Crippen LogP contribution in [0.25, 0.3) is 0 Å². The molecule has 114 valence electrons. The number of guanidine groups is 1. The Balaban J connectivity index is 2.39. The van der Waals surface area contributed by atoms with E-state index in [-0.39, 0.29) is 0 Å². The van der Waals surface area contributed by atoms with Crippen LogP contribution in [-0.4, -0.2) is 74.2 Å². The van der Waals surface area contributed by atoms with E-state index in [0.717, 1.165) is 38.7 Å². The molecule has 1 heterocycles. The number of likely N-dealkylation sites (N-methyl/N-ethyl adjacent to an activating group) is 1. The van der Waals surface area contributed by atoms with Crippen LogP contribution in [0, 0.1) is 12.3 Å². The molecule has 0 bridgehead atoms. The van der Waals surface area contributed by atoms with Gasteiger partial charge in [-0.2, -0.15) is 0 Å². The number of terminal acetylenes is 1. The molecule has 5 heteroatoms. The van der Waals surface area contributed by atoms with Gasteiger partial charge in [0.2, 0.25) is 0 Å². The zero-order valence-corrected chi connectivity index (χ0v) is 13.2. The van der Waals surface area contributed by atoms with Gasteiger partial charge in [-0.15, -0.1) is 6.42 Å². The maximum Gasteiger partial charge on any atom is 0.192 e. The van der Waals surface area contributed by atoms with Crippen LogP contribution in [0.15, 0.2) is 4.99 Å². The standard InChI is InChI=1S/C15H29N5/c1-5-8-17-15(16-6-2)18-13-14(4)20-11-9-19(7-3)10-12-20/h1,14H,6-13H2,2-4H3,(H2,16,17,18). The molecule has 20 heavy (non-hydrogen) atoms. The van der Waals surface area contributed by atoms with E-state index in [4.69, 9.17) is 6.42 Å². The smallest absolute Gasteiger partial charge is 0.192 e. The number of aliphatic imine (C=N–C) groups is 1. The highest BCUT2D eigenvalue weighted by Gasteiger charge is 2.19. The quantitative estimate of drug-likeness (QED) is 0.414. The van der Waals surface area contributed by atoms with Crippen molar-refractivity contribution in [3.8, 4) is 12.3 Å². The summed E-state index contributed by atoms with van der Waals surface area (Å²) >= 11 is 0. The molecule has 0 aromatic heterocycles. The predicted octanol–water partition coefficient (Wildman–Crippen LogP) is 0.201. The van der Waals surface area contributed by atoms with E-state index in [1.165, 1.54) is 13.1 Å². The van der Waals surface area contributed by atoms with Crippen molar-refractivity contribution in [2.75, 3.05) is 52.4 Å². The molecule has 1 aliphatic rings. The molecule has 0 spiro atoms. The topological polar surface area (TPSA) is 42.9 Å². The lowest BCUT2D eigenvalue weighted by Crippen LogP contribution is -2.50. The van der Waals surface area contributed by atoms with Crippen LogP contribution in [0.3, 0.4) is 0 Å². The predicted molar refractivity (Wildman–Crippen MR) is 86.0 cm³/mol. The lowest BCUT2D eigenvalue weighted by atomic mass is 10.2. The average molecular weight is 279 g/mol. The molecule has 1 fully saturated rings. The minimum absolute atomic E-state index is 0.468. The maximum absolute atomic E-state index is 5.26. The Hall–Kier alpha value is -1.25. The lowest BCUT2D eigenvalue weighted by Gasteiger charge is -2.37. The van der Waals surface area contributed by atoms with Crippen LogP contribution in [-0.2, 0) is 0 Å². The number of hydrogen-bond donors (Lipinski definition) is 2. The van der Waals surface area contributed by atoms with Crippen LogP contribution in [0.4, 0.5) is 0 Å². The first-order valence-electron chi connectivity index (χ1n) is 7.63. The van der Waals surface area contributed by atoms with E-state index >= 15 is 0 Å². The summed E-state index contributed by atoms with van der Waals surface area (Å²) in [4.78, 5) is 9.61. The fraction of sp³-hybridized carbons (Fsp3) is 0.800. The van der Waals surface area contributed by atoms with Crippen LogP contribution in [0.1, 0.15) is 20.8 Å². The molecule has 0 radical (unpaired) electrons. The third kappa shape index (κ3) is 5.81. The van der Waals surface area contributed by atoms with E-state index in [1.54, 1.807) is 0 Å². The van der Waals surface area contributed by atoms with Crippen LogP contribution in [0.2, 0.25) is 0 Å². The van der Waals surface area contributed by atoms with Gasteiger partial charge in [0.15, 0.2) is 5.96 Å². The number of rotatable bonds is 6. The Morgan fingerprint density at radius 1 is 1.25 bits per heavy atom. The van der Waals surface area contributed by atoms with E-state index in [1.807, 2.05) is 0 Å². The average Bonchev–Trinajstić information content (AvgIpc) is 2.49. The third-order valence-corrected chi connectivity index (χ3v) is 3.69. The summed E-state index contributed by atoms with van der Waals surface area (Å²) in [7, 11) is 0. The molecule has 2 N–H and O–H groups in total. The molecule has 1 saturated heterocycles. The van der Waals surface area contributed by atoms with Crippen molar-refractivity contribution in [2.45, 2.75) is 26.8 Å². The van der Waals surface area contributed by atoms with Gasteiger partial charge < -0.3 is 15.5 Å². The van der Waals surface area contributed by atoms with Gasteiger partial charge in [0, 0.05) is 38.8 Å². The minimum atomic E-state index is 0.468. The number of nitrogens with one attached hydrogen (secondary N) is 2. The van der Waals surface area contributed by atoms with E-state index < -0.39 is 0 Å². The first-order chi connectivity index (χ1) is 9.71. The van der Waals surface area contributed by atoms with Crippen LogP contribution >= 0.6 is 0 Å². The summed E-state index contributed by atoms with van der Waals surface area (Å²) in [5.74, 6) is 3.38. The Morgan fingerprint density at radius 3 is 2.50 bits per heavy atom. The zero-order chi connectivity index (χ0) is 14.8. The van der Waals surface area contributed by atoms with Crippen molar-refractivity contribution < 1.29 is 0 Å². The van der Waals surface area contributed by atoms with Crippen LogP contribution in [0.5, 0.6) is 0 Å². The molecule has 1 unspecified atom stereocenters. The van der Waals surface area contributed by atoms with Gasteiger partial charge in [-0.1, -0.05) is 12.8 Å². The number of nitrogens with zero attached hydrogens (tertiary/aromatic N) is 3. The van der Waals surface area contributed by atoms with E-state index in [2.05, 4.69) is 52.1 Å². The van der Waals surface area contributed by atoms with Crippen molar-refractivity contribution in [3.05, 3.63) is 0 Å². The molecule has 0 saturated carbocycles. The highest BCUT2D eigenvalue weighted by atomic mass is 15.3. The molecule has 0 aromatic rings. The van der Waals surface area contributed by atoms with Crippen molar-refractivity contribution >= 4 is 5.96 Å². The summed E-state index contributed by atoms with van der Waals surface area (Å²) in [6, 6.07) is 0.468. The normalized spacial score (nSPS) is 19.4. The van der Waals surface area contributed by atoms with Gasteiger partial charge in [-0.3, -0.25) is 9.89 Å². The molecule has 0 aromatic carbocycles. The molecule has 1 aliphatic heterocycles. The van der Waals surface area contributed by atoms with Gasteiger partial charge in [-0.05, 0) is 20.4 Å². The lowest BCUT2D eigenvalue weighted by molar-refractivity contribution is 0.109. The first-order valence-corrected chi connectivity index (χ1v) is 7.63.